The highest BCUT2D eigenvalue weighted by Crippen LogP contribution is 2.27. The van der Waals surface area contributed by atoms with Gasteiger partial charge in [0.15, 0.2) is 0 Å². The van der Waals surface area contributed by atoms with Gasteiger partial charge in [-0.3, -0.25) is 4.79 Å². The Labute approximate surface area is 110 Å². The van der Waals surface area contributed by atoms with E-state index in [1.165, 1.54) is 12.5 Å². The number of benzene rings is 1. The van der Waals surface area contributed by atoms with Crippen LogP contribution in [-0.2, 0) is 11.3 Å². The van der Waals surface area contributed by atoms with Crippen molar-refractivity contribution in [1.82, 2.24) is 5.32 Å². The van der Waals surface area contributed by atoms with Crippen LogP contribution in [0, 0.1) is 0 Å². The van der Waals surface area contributed by atoms with Gasteiger partial charge < -0.3 is 10.1 Å². The first-order valence-corrected chi connectivity index (χ1v) is 6.53. The molecule has 0 saturated heterocycles. The molecule has 1 aromatic carbocycles. The van der Waals surface area contributed by atoms with E-state index < -0.39 is 0 Å². The quantitative estimate of drug-likeness (QED) is 0.918. The Hall–Kier alpha value is -1.81. The molecule has 94 valence electrons. The molecule has 1 amide bonds. The molecule has 0 saturated carbocycles. The van der Waals surface area contributed by atoms with Gasteiger partial charge in [-0.2, -0.15) is 0 Å². The van der Waals surface area contributed by atoms with E-state index in [2.05, 4.69) is 16.8 Å². The van der Waals surface area contributed by atoms with E-state index in [1.54, 1.807) is 18.4 Å². The Kier molecular flexibility index (Phi) is 3.99. The number of carbonyl (C=O) groups is 1. The van der Waals surface area contributed by atoms with Crippen molar-refractivity contribution in [3.05, 3.63) is 40.6 Å². The topological polar surface area (TPSA) is 38.3 Å². The molecule has 0 bridgehead atoms. The lowest BCUT2D eigenvalue weighted by Gasteiger charge is -2.01. The van der Waals surface area contributed by atoms with E-state index in [-0.39, 0.29) is 5.91 Å². The number of ether oxygens (including phenoxy) is 1. The molecule has 2 rings (SSSR count). The zero-order valence-electron chi connectivity index (χ0n) is 10.4. The van der Waals surface area contributed by atoms with E-state index >= 15 is 0 Å². The normalized spacial score (nSPS) is 10.1. The monoisotopic (exact) mass is 261 g/mol. The molecule has 3 nitrogen and oxygen atoms in total. The molecule has 1 aromatic heterocycles. The molecule has 0 aliphatic carbocycles. The first-order chi connectivity index (χ1) is 8.69. The molecule has 0 aliphatic rings. The van der Waals surface area contributed by atoms with Gasteiger partial charge in [0.05, 0.1) is 13.7 Å². The van der Waals surface area contributed by atoms with Crippen molar-refractivity contribution in [1.29, 1.82) is 0 Å². The number of methoxy groups -OCH3 is 1. The van der Waals surface area contributed by atoms with E-state index in [0.717, 1.165) is 16.2 Å². The minimum atomic E-state index is -0.00519. The minimum absolute atomic E-state index is 0.00519. The lowest BCUT2D eigenvalue weighted by atomic mass is 10.1. The third-order valence-electron chi connectivity index (χ3n) is 2.59. The summed E-state index contributed by atoms with van der Waals surface area (Å²) < 4.78 is 5.13. The number of hydrogen-bond donors (Lipinski definition) is 1. The lowest BCUT2D eigenvalue weighted by molar-refractivity contribution is -0.119. The largest absolute Gasteiger partial charge is 0.497 e. The molecular weight excluding hydrogens is 246 g/mol. The van der Waals surface area contributed by atoms with Crippen LogP contribution in [0.1, 0.15) is 11.8 Å². The van der Waals surface area contributed by atoms with Gasteiger partial charge in [0.25, 0.3) is 0 Å². The van der Waals surface area contributed by atoms with Crippen LogP contribution in [0.5, 0.6) is 5.75 Å². The summed E-state index contributed by atoms with van der Waals surface area (Å²) in [5.41, 5.74) is 2.32. The fourth-order valence-corrected chi connectivity index (χ4v) is 2.45. The molecule has 0 fully saturated rings. The summed E-state index contributed by atoms with van der Waals surface area (Å²) in [6, 6.07) is 10.1. The Bertz CT molecular complexity index is 531. The fraction of sp³-hybridized carbons (Fsp3) is 0.214. The van der Waals surface area contributed by atoms with Gasteiger partial charge >= 0.3 is 0 Å². The maximum Gasteiger partial charge on any atom is 0.217 e. The van der Waals surface area contributed by atoms with Crippen LogP contribution in [-0.4, -0.2) is 13.0 Å². The summed E-state index contributed by atoms with van der Waals surface area (Å²) in [5.74, 6) is 0.849. The summed E-state index contributed by atoms with van der Waals surface area (Å²) in [6.45, 7) is 2.12. The Morgan fingerprint density at radius 3 is 2.61 bits per heavy atom. The molecule has 0 spiro atoms. The predicted molar refractivity (Wildman–Crippen MR) is 73.8 cm³/mol. The second-order valence-electron chi connectivity index (χ2n) is 3.94. The van der Waals surface area contributed by atoms with Crippen LogP contribution in [0.15, 0.2) is 35.7 Å². The Morgan fingerprint density at radius 2 is 2.00 bits per heavy atom. The molecule has 0 unspecified atom stereocenters. The number of amides is 1. The summed E-state index contributed by atoms with van der Waals surface area (Å²) in [6.07, 6.45) is 0. The highest BCUT2D eigenvalue weighted by Gasteiger charge is 2.03. The number of carbonyl (C=O) groups excluding carboxylic acids is 1. The van der Waals surface area contributed by atoms with Crippen LogP contribution >= 0.6 is 11.3 Å². The zero-order valence-corrected chi connectivity index (χ0v) is 11.2. The summed E-state index contributed by atoms with van der Waals surface area (Å²) >= 11 is 1.65. The van der Waals surface area contributed by atoms with Crippen LogP contribution < -0.4 is 10.1 Å². The fourth-order valence-electron chi connectivity index (χ4n) is 1.62. The van der Waals surface area contributed by atoms with Crippen molar-refractivity contribution in [2.75, 3.05) is 7.11 Å². The van der Waals surface area contributed by atoms with Gasteiger partial charge in [-0.15, -0.1) is 11.3 Å². The maximum absolute atomic E-state index is 10.8. The molecule has 0 atom stereocenters. The van der Waals surface area contributed by atoms with Gasteiger partial charge in [-0.05, 0) is 34.7 Å². The summed E-state index contributed by atoms with van der Waals surface area (Å²) in [5, 5.41) is 4.89. The Balaban J connectivity index is 2.10. The summed E-state index contributed by atoms with van der Waals surface area (Å²) in [7, 11) is 1.66. The molecule has 4 heteroatoms. The van der Waals surface area contributed by atoms with Crippen LogP contribution in [0.2, 0.25) is 0 Å². The van der Waals surface area contributed by atoms with E-state index in [4.69, 9.17) is 4.74 Å². The first-order valence-electron chi connectivity index (χ1n) is 5.65. The number of thiophene rings is 1. The van der Waals surface area contributed by atoms with Crippen LogP contribution in [0.3, 0.4) is 0 Å². The van der Waals surface area contributed by atoms with Crippen molar-refractivity contribution < 1.29 is 9.53 Å². The van der Waals surface area contributed by atoms with Gasteiger partial charge in [0.2, 0.25) is 5.91 Å². The number of nitrogens with one attached hydrogen (secondary N) is 1. The van der Waals surface area contributed by atoms with Crippen LogP contribution in [0.4, 0.5) is 0 Å². The average molecular weight is 261 g/mol. The van der Waals surface area contributed by atoms with Crippen molar-refractivity contribution in [2.24, 2.45) is 0 Å². The highest BCUT2D eigenvalue weighted by atomic mass is 32.1. The second kappa shape index (κ2) is 5.69. The van der Waals surface area contributed by atoms with Gasteiger partial charge in [0, 0.05) is 11.8 Å². The van der Waals surface area contributed by atoms with Gasteiger partial charge in [-0.25, -0.2) is 0 Å². The molecule has 18 heavy (non-hydrogen) atoms. The zero-order chi connectivity index (χ0) is 13.0. The smallest absolute Gasteiger partial charge is 0.217 e. The predicted octanol–water partition coefficient (Wildman–Crippen LogP) is 3.06. The first kappa shape index (κ1) is 12.6. The van der Waals surface area contributed by atoms with E-state index in [9.17, 15) is 4.79 Å². The summed E-state index contributed by atoms with van der Waals surface area (Å²) in [4.78, 5) is 12.0. The Morgan fingerprint density at radius 1 is 1.28 bits per heavy atom. The van der Waals surface area contributed by atoms with Crippen molar-refractivity contribution in [2.45, 2.75) is 13.5 Å². The molecule has 0 radical (unpaired) electrons. The molecule has 0 aliphatic heterocycles. The molecule has 1 heterocycles. The maximum atomic E-state index is 10.8. The molecular formula is C14H15NO2S. The highest BCUT2D eigenvalue weighted by molar-refractivity contribution is 7.10. The SMILES string of the molecule is COc1ccc(-c2csc(CNC(C)=O)c2)cc1. The third-order valence-corrected chi connectivity index (χ3v) is 3.53. The standard InChI is InChI=1S/C14H15NO2S/c1-10(16)15-8-14-7-12(9-18-14)11-3-5-13(17-2)6-4-11/h3-7,9H,8H2,1-2H3,(H,15,16). The van der Waals surface area contributed by atoms with Crippen molar-refractivity contribution >= 4 is 17.2 Å². The van der Waals surface area contributed by atoms with Crippen LogP contribution in [0.25, 0.3) is 11.1 Å². The lowest BCUT2D eigenvalue weighted by Crippen LogP contribution is -2.18. The third kappa shape index (κ3) is 3.11. The number of rotatable bonds is 4. The van der Waals surface area contributed by atoms with E-state index in [1.807, 2.05) is 24.3 Å². The van der Waals surface area contributed by atoms with E-state index in [0.29, 0.717) is 6.54 Å². The molecule has 2 aromatic rings. The second-order valence-corrected chi connectivity index (χ2v) is 4.94. The average Bonchev–Trinajstić information content (AvgIpc) is 2.85. The van der Waals surface area contributed by atoms with Gasteiger partial charge in [0.1, 0.15) is 5.75 Å². The van der Waals surface area contributed by atoms with Crippen molar-refractivity contribution in [3.63, 3.8) is 0 Å². The minimum Gasteiger partial charge on any atom is -0.497 e. The number of hydrogen-bond acceptors (Lipinski definition) is 3. The van der Waals surface area contributed by atoms with Crippen molar-refractivity contribution in [3.8, 4) is 16.9 Å². The molecule has 1 N–H and O–H groups in total. The van der Waals surface area contributed by atoms with Gasteiger partial charge in [-0.1, -0.05) is 12.1 Å².